The maximum absolute atomic E-state index is 12.1. The van der Waals surface area contributed by atoms with Crippen LogP contribution in [0.4, 0.5) is 5.82 Å². The number of carbonyl (C=O) groups excluding carboxylic acids is 1. The fourth-order valence-corrected chi connectivity index (χ4v) is 2.94. The first-order valence-corrected chi connectivity index (χ1v) is 7.66. The van der Waals surface area contributed by atoms with Gasteiger partial charge in [0.05, 0.1) is 5.39 Å². The van der Waals surface area contributed by atoms with E-state index in [0.29, 0.717) is 28.3 Å². The van der Waals surface area contributed by atoms with Crippen molar-refractivity contribution >= 4 is 33.1 Å². The van der Waals surface area contributed by atoms with E-state index in [1.807, 2.05) is 18.2 Å². The number of nitrogens with zero attached hydrogens (tertiary/aromatic N) is 2. The highest BCUT2D eigenvalue weighted by molar-refractivity contribution is 7.21. The Morgan fingerprint density at radius 3 is 2.77 bits per heavy atom. The van der Waals surface area contributed by atoms with Crippen LogP contribution in [0, 0.1) is 0 Å². The Hall–Kier alpha value is -2.60. The highest BCUT2D eigenvalue weighted by Crippen LogP contribution is 2.25. The molecule has 0 bridgehead atoms. The largest absolute Gasteiger partial charge is 0.311 e. The lowest BCUT2D eigenvalue weighted by atomic mass is 10.3. The van der Waals surface area contributed by atoms with E-state index in [1.54, 1.807) is 31.2 Å². The summed E-state index contributed by atoms with van der Waals surface area (Å²) in [7, 11) is 0. The number of benzene rings is 1. The average molecular weight is 311 g/mol. The molecule has 3 aromatic rings. The van der Waals surface area contributed by atoms with Gasteiger partial charge in [0.15, 0.2) is 0 Å². The quantitative estimate of drug-likeness (QED) is 0.807. The van der Waals surface area contributed by atoms with E-state index in [4.69, 9.17) is 0 Å². The highest BCUT2D eigenvalue weighted by atomic mass is 32.1. The molecular formula is C16H13N3O2S. The second kappa shape index (κ2) is 6.03. The predicted octanol–water partition coefficient (Wildman–Crippen LogP) is 3.07. The summed E-state index contributed by atoms with van der Waals surface area (Å²) in [6.07, 6.45) is 0.382. The third kappa shape index (κ3) is 2.87. The Morgan fingerprint density at radius 1 is 1.14 bits per heavy atom. The van der Waals surface area contributed by atoms with E-state index in [-0.39, 0.29) is 11.5 Å². The predicted molar refractivity (Wildman–Crippen MR) is 88.0 cm³/mol. The minimum atomic E-state index is -0.269. The third-order valence-electron chi connectivity index (χ3n) is 3.08. The Morgan fingerprint density at radius 2 is 1.95 bits per heavy atom. The molecular weight excluding hydrogens is 298 g/mol. The lowest BCUT2D eigenvalue weighted by Crippen LogP contribution is -2.11. The maximum Gasteiger partial charge on any atom is 0.279 e. The number of amides is 1. The Labute approximate surface area is 130 Å². The van der Waals surface area contributed by atoms with Crippen LogP contribution in [0.3, 0.4) is 0 Å². The molecule has 5 nitrogen and oxygen atoms in total. The molecule has 0 saturated heterocycles. The van der Waals surface area contributed by atoms with Gasteiger partial charge in [-0.3, -0.25) is 9.59 Å². The van der Waals surface area contributed by atoms with E-state index < -0.39 is 0 Å². The third-order valence-corrected chi connectivity index (χ3v) is 4.15. The number of anilines is 1. The molecule has 0 unspecified atom stereocenters. The molecule has 0 aliphatic rings. The van der Waals surface area contributed by atoms with Gasteiger partial charge in [-0.25, -0.2) is 4.98 Å². The lowest BCUT2D eigenvalue weighted by Gasteiger charge is -2.05. The number of pyridine rings is 1. The molecule has 110 valence electrons. The van der Waals surface area contributed by atoms with E-state index >= 15 is 0 Å². The minimum Gasteiger partial charge on any atom is -0.311 e. The van der Waals surface area contributed by atoms with E-state index in [0.717, 1.165) is 4.70 Å². The van der Waals surface area contributed by atoms with Gasteiger partial charge in [0, 0.05) is 11.1 Å². The van der Waals surface area contributed by atoms with Gasteiger partial charge in [0.2, 0.25) is 5.91 Å². The van der Waals surface area contributed by atoms with Crippen molar-refractivity contribution in [3.05, 3.63) is 52.8 Å². The fraction of sp³-hybridized carbons (Fsp3) is 0.125. The van der Waals surface area contributed by atoms with Crippen LogP contribution < -0.4 is 10.9 Å². The number of carbonyl (C=O) groups is 1. The average Bonchev–Trinajstić information content (AvgIpc) is 2.55. The summed E-state index contributed by atoms with van der Waals surface area (Å²) in [6, 6.07) is 12.6. The lowest BCUT2D eigenvalue weighted by molar-refractivity contribution is -0.115. The Bertz CT molecular complexity index is 905. The normalized spacial score (nSPS) is 10.6. The summed E-state index contributed by atoms with van der Waals surface area (Å²) in [5.41, 5.74) is 0.302. The summed E-state index contributed by atoms with van der Waals surface area (Å²) in [6.45, 7) is 1.77. The zero-order valence-electron chi connectivity index (χ0n) is 11.9. The zero-order valence-corrected chi connectivity index (χ0v) is 12.7. The van der Waals surface area contributed by atoms with E-state index in [2.05, 4.69) is 15.3 Å². The summed E-state index contributed by atoms with van der Waals surface area (Å²) in [5.74, 6) is 0.350. The smallest absolute Gasteiger partial charge is 0.279 e. The van der Waals surface area contributed by atoms with Crippen molar-refractivity contribution in [3.63, 3.8) is 0 Å². The molecule has 22 heavy (non-hydrogen) atoms. The fourth-order valence-electron chi connectivity index (χ4n) is 1.98. The van der Waals surface area contributed by atoms with Crippen LogP contribution in [0.2, 0.25) is 0 Å². The van der Waals surface area contributed by atoms with Crippen molar-refractivity contribution < 1.29 is 4.79 Å². The van der Waals surface area contributed by atoms with E-state index in [1.165, 1.54) is 11.3 Å². The Balaban J connectivity index is 2.06. The van der Waals surface area contributed by atoms with Crippen LogP contribution in [0.1, 0.15) is 13.3 Å². The molecule has 0 atom stereocenters. The molecule has 2 heterocycles. The first-order chi connectivity index (χ1) is 10.7. The summed E-state index contributed by atoms with van der Waals surface area (Å²) in [5, 5.41) is 3.84. The van der Waals surface area contributed by atoms with Crippen molar-refractivity contribution in [1.82, 2.24) is 9.97 Å². The molecule has 0 aliphatic heterocycles. The first kappa shape index (κ1) is 14.3. The highest BCUT2D eigenvalue weighted by Gasteiger charge is 2.09. The molecule has 0 aliphatic carbocycles. The van der Waals surface area contributed by atoms with Crippen LogP contribution in [0.25, 0.3) is 20.8 Å². The molecule has 2 aromatic heterocycles. The molecule has 1 amide bonds. The molecule has 0 saturated carbocycles. The number of hydrogen-bond donors (Lipinski definition) is 1. The molecule has 1 N–H and O–H groups in total. The second-order valence-electron chi connectivity index (χ2n) is 4.63. The summed E-state index contributed by atoms with van der Waals surface area (Å²) in [4.78, 5) is 32.0. The van der Waals surface area contributed by atoms with Crippen LogP contribution in [0.15, 0.2) is 47.3 Å². The molecule has 0 fully saturated rings. The molecule has 0 spiro atoms. The molecule has 0 radical (unpaired) electrons. The van der Waals surface area contributed by atoms with Gasteiger partial charge in [-0.05, 0) is 24.3 Å². The van der Waals surface area contributed by atoms with Crippen molar-refractivity contribution in [3.8, 4) is 10.7 Å². The number of rotatable bonds is 3. The molecule has 6 heteroatoms. The van der Waals surface area contributed by atoms with Crippen LogP contribution >= 0.6 is 11.3 Å². The van der Waals surface area contributed by atoms with Crippen LogP contribution in [-0.2, 0) is 4.79 Å². The van der Waals surface area contributed by atoms with Gasteiger partial charge in [-0.1, -0.05) is 25.1 Å². The standard InChI is InChI=1S/C16H13N3O2S/c1-2-14(20)18-13-9-5-7-11(17-13)16-19-15(21)10-6-3-4-8-12(10)22-16/h3-9H,2H2,1H3,(H,17,18,20). The maximum atomic E-state index is 12.1. The van der Waals surface area contributed by atoms with Gasteiger partial charge in [-0.15, -0.1) is 11.3 Å². The van der Waals surface area contributed by atoms with Crippen molar-refractivity contribution in [2.24, 2.45) is 0 Å². The van der Waals surface area contributed by atoms with Gasteiger partial charge in [0.1, 0.15) is 16.5 Å². The molecule has 3 rings (SSSR count). The van der Waals surface area contributed by atoms with Gasteiger partial charge in [0.25, 0.3) is 5.56 Å². The number of aromatic nitrogens is 2. The number of fused-ring (bicyclic) bond motifs is 1. The van der Waals surface area contributed by atoms with Gasteiger partial charge < -0.3 is 5.32 Å². The van der Waals surface area contributed by atoms with Crippen molar-refractivity contribution in [2.75, 3.05) is 5.32 Å². The van der Waals surface area contributed by atoms with Crippen LogP contribution in [0.5, 0.6) is 0 Å². The summed E-state index contributed by atoms with van der Waals surface area (Å²) < 4.78 is 0.863. The minimum absolute atomic E-state index is 0.107. The monoisotopic (exact) mass is 311 g/mol. The van der Waals surface area contributed by atoms with Crippen LogP contribution in [-0.4, -0.2) is 15.9 Å². The summed E-state index contributed by atoms with van der Waals surface area (Å²) >= 11 is 1.40. The topological polar surface area (TPSA) is 72.0 Å². The van der Waals surface area contributed by atoms with Crippen molar-refractivity contribution in [1.29, 1.82) is 0 Å². The first-order valence-electron chi connectivity index (χ1n) is 6.84. The molecule has 1 aromatic carbocycles. The van der Waals surface area contributed by atoms with Gasteiger partial charge in [-0.2, -0.15) is 4.98 Å². The SMILES string of the molecule is CCC(=O)Nc1cccc(-c2nc(=O)c3ccccc3s2)n1. The zero-order chi connectivity index (χ0) is 15.5. The van der Waals surface area contributed by atoms with E-state index in [9.17, 15) is 9.59 Å². The number of hydrogen-bond acceptors (Lipinski definition) is 5. The second-order valence-corrected chi connectivity index (χ2v) is 5.66. The van der Waals surface area contributed by atoms with Gasteiger partial charge >= 0.3 is 0 Å². The Kier molecular flexibility index (Phi) is 3.93. The number of nitrogens with one attached hydrogen (secondary N) is 1. The van der Waals surface area contributed by atoms with Crippen molar-refractivity contribution in [2.45, 2.75) is 13.3 Å².